The summed E-state index contributed by atoms with van der Waals surface area (Å²) in [5.74, 6) is 0.612. The minimum atomic E-state index is -0.553. The first kappa shape index (κ1) is 24.4. The number of aliphatic hydroxyl groups is 3. The second-order valence-corrected chi connectivity index (χ2v) is 7.37. The second kappa shape index (κ2) is 17.5. The standard InChI is InChI=1S/C13H26O3S3.K/c14-9-11(15)7-5-3-1-2-4-6-8-12(16)10-19-13(17)18;/h11-12,14-16H,1-10H2,(H,17,18);/q;+1/p-1. The maximum atomic E-state index is 9.65. The van der Waals surface area contributed by atoms with E-state index in [1.54, 1.807) is 0 Å². The fourth-order valence-corrected chi connectivity index (χ4v) is 2.71. The van der Waals surface area contributed by atoms with E-state index in [4.69, 9.17) is 35.1 Å². The third kappa shape index (κ3) is 18.2. The molecule has 0 saturated heterocycles. The van der Waals surface area contributed by atoms with E-state index in [0.717, 1.165) is 44.9 Å². The summed E-state index contributed by atoms with van der Waals surface area (Å²) < 4.78 is 0.476. The fraction of sp³-hybridized carbons (Fsp3) is 0.923. The zero-order valence-electron chi connectivity index (χ0n) is 12.3. The van der Waals surface area contributed by atoms with Gasteiger partial charge in [-0.25, -0.2) is 0 Å². The topological polar surface area (TPSA) is 60.7 Å². The fourth-order valence-electron chi connectivity index (χ4n) is 1.81. The third-order valence-corrected chi connectivity index (χ3v) is 4.42. The Kier molecular flexibility index (Phi) is 21.4. The number of hydrogen-bond acceptors (Lipinski definition) is 6. The van der Waals surface area contributed by atoms with Crippen LogP contribution in [0, 0.1) is 0 Å². The Balaban J connectivity index is 0. The van der Waals surface area contributed by atoms with E-state index < -0.39 is 6.10 Å². The first-order valence-electron chi connectivity index (χ1n) is 6.87. The molecular formula is C13H25KO3S3. The summed E-state index contributed by atoms with van der Waals surface area (Å²) in [6.07, 6.45) is 7.19. The van der Waals surface area contributed by atoms with Crippen LogP contribution in [0.4, 0.5) is 0 Å². The average Bonchev–Trinajstić information content (AvgIpc) is 2.38. The van der Waals surface area contributed by atoms with Gasteiger partial charge in [0.1, 0.15) is 0 Å². The van der Waals surface area contributed by atoms with Crippen molar-refractivity contribution in [1.82, 2.24) is 0 Å². The van der Waals surface area contributed by atoms with Crippen LogP contribution in [0.5, 0.6) is 0 Å². The second-order valence-electron chi connectivity index (χ2n) is 4.75. The number of thioether (sulfide) groups is 1. The van der Waals surface area contributed by atoms with Gasteiger partial charge in [-0.15, -0.1) is 11.8 Å². The summed E-state index contributed by atoms with van der Waals surface area (Å²) in [5, 5.41) is 27.4. The predicted octanol–water partition coefficient (Wildman–Crippen LogP) is -0.610. The van der Waals surface area contributed by atoms with Crippen LogP contribution in [0.2, 0.25) is 0 Å². The number of rotatable bonds is 12. The Morgan fingerprint density at radius 1 is 0.950 bits per heavy atom. The van der Waals surface area contributed by atoms with Crippen LogP contribution in [0.15, 0.2) is 0 Å². The van der Waals surface area contributed by atoms with Crippen molar-refractivity contribution in [2.24, 2.45) is 0 Å². The molecule has 0 fully saturated rings. The van der Waals surface area contributed by atoms with Gasteiger partial charge in [-0.2, -0.15) is 0 Å². The van der Waals surface area contributed by atoms with Crippen molar-refractivity contribution in [1.29, 1.82) is 0 Å². The average molecular weight is 365 g/mol. The Hall–Kier alpha value is 2.18. The van der Waals surface area contributed by atoms with Gasteiger partial charge in [0, 0.05) is 5.75 Å². The van der Waals surface area contributed by atoms with Crippen molar-refractivity contribution in [3.63, 3.8) is 0 Å². The molecule has 2 atom stereocenters. The third-order valence-electron chi connectivity index (χ3n) is 2.93. The molecule has 114 valence electrons. The molecule has 0 aliphatic carbocycles. The molecule has 0 aromatic rings. The summed E-state index contributed by atoms with van der Waals surface area (Å²) in [5.41, 5.74) is 0. The normalized spacial score (nSPS) is 13.6. The van der Waals surface area contributed by atoms with Crippen LogP contribution >= 0.6 is 24.0 Å². The number of unbranched alkanes of at least 4 members (excludes halogenated alkanes) is 5. The van der Waals surface area contributed by atoms with E-state index in [0.29, 0.717) is 15.7 Å². The molecule has 20 heavy (non-hydrogen) atoms. The van der Waals surface area contributed by atoms with E-state index in [1.165, 1.54) is 11.8 Å². The van der Waals surface area contributed by atoms with Crippen LogP contribution in [0.3, 0.4) is 0 Å². The smallest absolute Gasteiger partial charge is 0.422 e. The molecule has 0 rings (SSSR count). The summed E-state index contributed by atoms with van der Waals surface area (Å²) in [6.45, 7) is -0.135. The number of hydrogen-bond donors (Lipinski definition) is 3. The van der Waals surface area contributed by atoms with Gasteiger partial charge < -0.3 is 40.2 Å². The van der Waals surface area contributed by atoms with Crippen LogP contribution in [0.1, 0.15) is 51.4 Å². The van der Waals surface area contributed by atoms with E-state index in [1.807, 2.05) is 0 Å². The van der Waals surface area contributed by atoms with Gasteiger partial charge in [0.2, 0.25) is 0 Å². The van der Waals surface area contributed by atoms with E-state index in [2.05, 4.69) is 0 Å². The zero-order valence-corrected chi connectivity index (χ0v) is 17.9. The molecule has 0 aliphatic heterocycles. The maximum absolute atomic E-state index is 9.65. The molecule has 0 bridgehead atoms. The Morgan fingerprint density at radius 3 is 1.85 bits per heavy atom. The summed E-state index contributed by atoms with van der Waals surface area (Å²) in [6, 6.07) is 0. The molecule has 0 aliphatic rings. The number of aliphatic hydroxyl groups excluding tert-OH is 3. The molecule has 7 heteroatoms. The van der Waals surface area contributed by atoms with Crippen molar-refractivity contribution in [3.8, 4) is 0 Å². The molecule has 0 amide bonds. The van der Waals surface area contributed by atoms with E-state index in [9.17, 15) is 5.11 Å². The first-order valence-corrected chi connectivity index (χ1v) is 8.67. The molecule has 0 radical (unpaired) electrons. The Bertz CT molecular complexity index is 233. The molecule has 3 N–H and O–H groups in total. The predicted molar refractivity (Wildman–Crippen MR) is 88.5 cm³/mol. The Morgan fingerprint density at radius 2 is 1.40 bits per heavy atom. The van der Waals surface area contributed by atoms with Crippen molar-refractivity contribution >= 4 is 40.1 Å². The molecule has 0 aromatic carbocycles. The van der Waals surface area contributed by atoms with Gasteiger partial charge in [-0.05, 0) is 12.8 Å². The molecule has 2 unspecified atom stereocenters. The minimum Gasteiger partial charge on any atom is -0.422 e. The largest absolute Gasteiger partial charge is 1.00 e. The SMILES string of the molecule is OCC(O)CCCCCCCCC(O)CSC(=S)[S-].[K+]. The van der Waals surface area contributed by atoms with E-state index >= 15 is 0 Å². The monoisotopic (exact) mass is 364 g/mol. The first-order chi connectivity index (χ1) is 9.06. The Labute approximate surface area is 180 Å². The summed E-state index contributed by atoms with van der Waals surface area (Å²) in [7, 11) is 0. The minimum absolute atomic E-state index is 0. The quantitative estimate of drug-likeness (QED) is 0.186. The molecule has 0 spiro atoms. The van der Waals surface area contributed by atoms with Crippen LogP contribution in [-0.4, -0.2) is 43.4 Å². The van der Waals surface area contributed by atoms with Gasteiger partial charge in [0.25, 0.3) is 0 Å². The van der Waals surface area contributed by atoms with Gasteiger partial charge in [0.05, 0.1) is 18.8 Å². The molecule has 0 aromatic heterocycles. The molecular weight excluding hydrogens is 339 g/mol. The zero-order chi connectivity index (χ0) is 14.5. The van der Waals surface area contributed by atoms with Gasteiger partial charge in [0.15, 0.2) is 0 Å². The van der Waals surface area contributed by atoms with Gasteiger partial charge in [-0.3, -0.25) is 0 Å². The van der Waals surface area contributed by atoms with Crippen LogP contribution < -0.4 is 51.4 Å². The van der Waals surface area contributed by atoms with Crippen LogP contribution in [-0.2, 0) is 12.6 Å². The molecule has 3 nitrogen and oxygen atoms in total. The van der Waals surface area contributed by atoms with Crippen molar-refractivity contribution in [2.75, 3.05) is 12.4 Å². The summed E-state index contributed by atoms with van der Waals surface area (Å²) in [4.78, 5) is 0. The number of thiocarbonyl (C=S) groups is 1. The summed E-state index contributed by atoms with van der Waals surface area (Å²) >= 11 is 10.9. The molecule has 0 heterocycles. The van der Waals surface area contributed by atoms with E-state index in [-0.39, 0.29) is 64.1 Å². The van der Waals surface area contributed by atoms with Crippen molar-refractivity contribution in [2.45, 2.75) is 63.6 Å². The van der Waals surface area contributed by atoms with Gasteiger partial charge in [-0.1, -0.05) is 42.1 Å². The maximum Gasteiger partial charge on any atom is 1.00 e. The van der Waals surface area contributed by atoms with Crippen LogP contribution in [0.25, 0.3) is 0 Å². The van der Waals surface area contributed by atoms with Crippen molar-refractivity contribution in [3.05, 3.63) is 0 Å². The van der Waals surface area contributed by atoms with Crippen molar-refractivity contribution < 1.29 is 66.7 Å². The van der Waals surface area contributed by atoms with Gasteiger partial charge >= 0.3 is 51.4 Å². The molecule has 0 saturated carbocycles.